The van der Waals surface area contributed by atoms with Crippen LogP contribution < -0.4 is 0 Å². The summed E-state index contributed by atoms with van der Waals surface area (Å²) < 4.78 is 0. The summed E-state index contributed by atoms with van der Waals surface area (Å²) in [5.41, 5.74) is 3.72. The number of nitrogens with zero attached hydrogens (tertiary/aromatic N) is 3. The first-order valence-electron chi connectivity index (χ1n) is 12.5. The van der Waals surface area contributed by atoms with Gasteiger partial charge >= 0.3 is 0 Å². The zero-order valence-corrected chi connectivity index (χ0v) is 20.5. The number of aliphatic hydroxyl groups is 1. The molecule has 6 heteroatoms. The van der Waals surface area contributed by atoms with Crippen LogP contribution in [-0.2, 0) is 16.0 Å². The molecule has 1 aliphatic carbocycles. The van der Waals surface area contributed by atoms with Crippen LogP contribution in [0.4, 0.5) is 0 Å². The van der Waals surface area contributed by atoms with E-state index in [4.69, 9.17) is 0 Å². The van der Waals surface area contributed by atoms with E-state index in [9.17, 15) is 14.7 Å². The number of hydrogen-bond acceptors (Lipinski definition) is 6. The average Bonchev–Trinajstić information content (AvgIpc) is 2.86. The molecule has 1 heterocycles. The lowest BCUT2D eigenvalue weighted by Gasteiger charge is -2.34. The molecule has 0 spiro atoms. The molecule has 0 saturated carbocycles. The third-order valence-electron chi connectivity index (χ3n) is 6.91. The summed E-state index contributed by atoms with van der Waals surface area (Å²) in [5.74, 6) is 0.380. The van der Waals surface area contributed by atoms with Gasteiger partial charge < -0.3 is 5.11 Å². The van der Waals surface area contributed by atoms with Crippen molar-refractivity contribution in [1.29, 1.82) is 0 Å². The Morgan fingerprint density at radius 1 is 1.00 bits per heavy atom. The van der Waals surface area contributed by atoms with Gasteiger partial charge in [-0.1, -0.05) is 60.2 Å². The van der Waals surface area contributed by atoms with Gasteiger partial charge in [0, 0.05) is 58.2 Å². The predicted octanol–water partition coefficient (Wildman–Crippen LogP) is 3.75. The quantitative estimate of drug-likeness (QED) is 0.562. The second kappa shape index (κ2) is 12.0. The average molecular weight is 474 g/mol. The van der Waals surface area contributed by atoms with Crippen molar-refractivity contribution in [3.63, 3.8) is 0 Å². The predicted molar refractivity (Wildman–Crippen MR) is 139 cm³/mol. The number of aliphatic imine (C=N–C) groups is 1. The lowest BCUT2D eigenvalue weighted by Crippen LogP contribution is -2.48. The Bertz CT molecular complexity index is 1070. The Labute approximate surface area is 208 Å². The van der Waals surface area contributed by atoms with Crippen LogP contribution in [0.25, 0.3) is 0 Å². The van der Waals surface area contributed by atoms with Gasteiger partial charge in [0.15, 0.2) is 11.6 Å². The Kier molecular flexibility index (Phi) is 8.61. The molecule has 35 heavy (non-hydrogen) atoms. The molecule has 1 fully saturated rings. The summed E-state index contributed by atoms with van der Waals surface area (Å²) >= 11 is 0. The highest BCUT2D eigenvalue weighted by molar-refractivity contribution is 6.14. The minimum Gasteiger partial charge on any atom is -0.511 e. The van der Waals surface area contributed by atoms with Gasteiger partial charge in [-0.15, -0.1) is 0 Å². The maximum atomic E-state index is 12.6. The van der Waals surface area contributed by atoms with Crippen LogP contribution in [0, 0.1) is 6.92 Å². The Morgan fingerprint density at radius 3 is 2.37 bits per heavy atom. The van der Waals surface area contributed by atoms with Gasteiger partial charge in [-0.25, -0.2) is 0 Å². The molecule has 2 aromatic rings. The third kappa shape index (κ3) is 7.20. The fourth-order valence-corrected chi connectivity index (χ4v) is 4.78. The first-order chi connectivity index (χ1) is 17.0. The monoisotopic (exact) mass is 473 g/mol. The minimum absolute atomic E-state index is 0.0286. The van der Waals surface area contributed by atoms with E-state index in [0.717, 1.165) is 43.9 Å². The molecular formula is C29H35N3O3. The lowest BCUT2D eigenvalue weighted by molar-refractivity contribution is -0.120. The maximum absolute atomic E-state index is 12.6. The van der Waals surface area contributed by atoms with Crippen LogP contribution in [0.2, 0.25) is 0 Å². The molecule has 4 rings (SSSR count). The minimum atomic E-state index is -0.0460. The normalized spacial score (nSPS) is 20.0. The van der Waals surface area contributed by atoms with Crippen molar-refractivity contribution in [2.24, 2.45) is 4.99 Å². The smallest absolute Gasteiger partial charge is 0.168 e. The highest BCUT2D eigenvalue weighted by atomic mass is 16.3. The van der Waals surface area contributed by atoms with Gasteiger partial charge in [-0.05, 0) is 24.0 Å². The highest BCUT2D eigenvalue weighted by Crippen LogP contribution is 2.32. The summed E-state index contributed by atoms with van der Waals surface area (Å²) in [6.45, 7) is 7.48. The van der Waals surface area contributed by atoms with Crippen molar-refractivity contribution in [1.82, 2.24) is 9.80 Å². The van der Waals surface area contributed by atoms with E-state index in [1.54, 1.807) is 6.21 Å². The molecular weight excluding hydrogens is 438 g/mol. The first kappa shape index (κ1) is 25.0. The van der Waals surface area contributed by atoms with E-state index in [1.165, 1.54) is 5.56 Å². The first-order valence-corrected chi connectivity index (χ1v) is 12.5. The number of ketones is 2. The van der Waals surface area contributed by atoms with E-state index in [-0.39, 0.29) is 23.2 Å². The van der Waals surface area contributed by atoms with Gasteiger partial charge in [0.2, 0.25) is 0 Å². The van der Waals surface area contributed by atoms with Crippen LogP contribution in [0.3, 0.4) is 0 Å². The third-order valence-corrected chi connectivity index (χ3v) is 6.91. The topological polar surface area (TPSA) is 73.2 Å². The molecule has 6 nitrogen and oxygen atoms in total. The standard InChI is InChI=1S/C29H35N3O3/c1-22-7-9-23(10-8-22)17-26(33)21-32-15-13-31(14-16-32)12-11-30-20-27-28(34)18-25(19-29(27)35)24-5-3-2-4-6-24/h2-10,20,25,34H,11-19,21H2,1H3. The molecule has 2 aliphatic rings. The molecule has 2 aromatic carbocycles. The zero-order valence-electron chi connectivity index (χ0n) is 20.5. The van der Waals surface area contributed by atoms with E-state index in [2.05, 4.69) is 14.8 Å². The number of Topliss-reactive ketones (excluding diaryl/α,β-unsaturated/α-hetero) is 2. The summed E-state index contributed by atoms with van der Waals surface area (Å²) in [6, 6.07) is 18.0. The molecule has 0 bridgehead atoms. The van der Waals surface area contributed by atoms with Crippen molar-refractivity contribution >= 4 is 17.8 Å². The molecule has 0 aromatic heterocycles. The number of hydrogen-bond donors (Lipinski definition) is 1. The zero-order chi connectivity index (χ0) is 24.6. The van der Waals surface area contributed by atoms with E-state index >= 15 is 0 Å². The fourth-order valence-electron chi connectivity index (χ4n) is 4.78. The van der Waals surface area contributed by atoms with Gasteiger partial charge in [-0.3, -0.25) is 24.4 Å². The van der Waals surface area contributed by atoms with Crippen LogP contribution >= 0.6 is 0 Å². The van der Waals surface area contributed by atoms with Crippen LogP contribution in [0.5, 0.6) is 0 Å². The van der Waals surface area contributed by atoms with Gasteiger partial charge in [-0.2, -0.15) is 0 Å². The molecule has 1 unspecified atom stereocenters. The van der Waals surface area contributed by atoms with E-state index in [0.29, 0.717) is 37.9 Å². The summed E-state index contributed by atoms with van der Waals surface area (Å²) in [7, 11) is 0. The summed E-state index contributed by atoms with van der Waals surface area (Å²) in [5, 5.41) is 10.4. The number of aliphatic hydroxyl groups excluding tert-OH is 1. The number of rotatable bonds is 9. The SMILES string of the molecule is Cc1ccc(CC(=O)CN2CCN(CCN=CC3=C(O)CC(c4ccccc4)CC3=O)CC2)cc1. The van der Waals surface area contributed by atoms with Crippen LogP contribution in [-0.4, -0.2) is 78.5 Å². The fraction of sp³-hybridized carbons (Fsp3) is 0.414. The molecule has 1 aliphatic heterocycles. The molecule has 1 atom stereocenters. The molecule has 184 valence electrons. The van der Waals surface area contributed by atoms with Gasteiger partial charge in [0.05, 0.1) is 18.7 Å². The molecule has 1 N–H and O–H groups in total. The largest absolute Gasteiger partial charge is 0.511 e. The maximum Gasteiger partial charge on any atom is 0.168 e. The lowest BCUT2D eigenvalue weighted by atomic mass is 9.83. The van der Waals surface area contributed by atoms with Crippen molar-refractivity contribution in [2.45, 2.75) is 32.1 Å². The van der Waals surface area contributed by atoms with Crippen molar-refractivity contribution < 1.29 is 14.7 Å². The van der Waals surface area contributed by atoms with Crippen molar-refractivity contribution in [3.8, 4) is 0 Å². The van der Waals surface area contributed by atoms with Crippen LogP contribution in [0.15, 0.2) is 70.9 Å². The second-order valence-corrected chi connectivity index (χ2v) is 9.65. The molecule has 0 amide bonds. The van der Waals surface area contributed by atoms with Crippen molar-refractivity contribution in [3.05, 3.63) is 82.6 Å². The van der Waals surface area contributed by atoms with Crippen molar-refractivity contribution in [2.75, 3.05) is 45.8 Å². The summed E-state index contributed by atoms with van der Waals surface area (Å²) in [6.07, 6.45) is 2.92. The molecule has 0 radical (unpaired) electrons. The summed E-state index contributed by atoms with van der Waals surface area (Å²) in [4.78, 5) is 34.0. The van der Waals surface area contributed by atoms with E-state index < -0.39 is 0 Å². The number of benzene rings is 2. The Balaban J connectivity index is 1.17. The number of carbonyl (C=O) groups is 2. The number of piperazine rings is 1. The Morgan fingerprint density at radius 2 is 1.69 bits per heavy atom. The second-order valence-electron chi connectivity index (χ2n) is 9.65. The molecule has 1 saturated heterocycles. The van der Waals surface area contributed by atoms with E-state index in [1.807, 2.05) is 61.5 Å². The number of carbonyl (C=O) groups excluding carboxylic acids is 2. The number of aryl methyl sites for hydroxylation is 1. The highest BCUT2D eigenvalue weighted by Gasteiger charge is 2.27. The number of allylic oxidation sites excluding steroid dienone is 2. The Hall–Kier alpha value is -3.09. The van der Waals surface area contributed by atoms with Crippen LogP contribution in [0.1, 0.15) is 35.4 Å². The van der Waals surface area contributed by atoms with Gasteiger partial charge in [0.1, 0.15) is 5.76 Å². The van der Waals surface area contributed by atoms with Gasteiger partial charge in [0.25, 0.3) is 0 Å².